The molecule has 2 N–H and O–H groups in total. The summed E-state index contributed by atoms with van der Waals surface area (Å²) in [6, 6.07) is 0.287. The van der Waals surface area contributed by atoms with Gasteiger partial charge in [0.25, 0.3) is 0 Å². The molecule has 1 aliphatic rings. The highest BCUT2D eigenvalue weighted by Crippen LogP contribution is 2.33. The Morgan fingerprint density at radius 2 is 2.05 bits per heavy atom. The van der Waals surface area contributed by atoms with Crippen molar-refractivity contribution in [1.82, 2.24) is 9.55 Å². The molecule has 1 unspecified atom stereocenters. The largest absolute Gasteiger partial charge is 0.335 e. The van der Waals surface area contributed by atoms with Crippen molar-refractivity contribution >= 4 is 0 Å². The molecule has 1 fully saturated rings. The Kier molecular flexibility index (Phi) is 5.44. The molecule has 1 heterocycles. The smallest absolute Gasteiger partial charge is 0.110 e. The average molecular weight is 263 g/mol. The van der Waals surface area contributed by atoms with Gasteiger partial charge in [0.05, 0.1) is 0 Å². The van der Waals surface area contributed by atoms with Gasteiger partial charge in [-0.3, -0.25) is 0 Å². The Balaban J connectivity index is 1.83. The van der Waals surface area contributed by atoms with Crippen LogP contribution in [0.15, 0.2) is 12.4 Å². The molecule has 1 aromatic rings. The molecular weight excluding hydrogens is 234 g/mol. The van der Waals surface area contributed by atoms with E-state index in [4.69, 9.17) is 5.73 Å². The van der Waals surface area contributed by atoms with Crippen molar-refractivity contribution in [2.75, 3.05) is 0 Å². The number of nitrogens with zero attached hydrogens (tertiary/aromatic N) is 2. The summed E-state index contributed by atoms with van der Waals surface area (Å²) in [6.45, 7) is 5.44. The minimum atomic E-state index is 0.287. The Hall–Kier alpha value is -0.830. The molecule has 108 valence electrons. The van der Waals surface area contributed by atoms with E-state index in [1.54, 1.807) is 0 Å². The van der Waals surface area contributed by atoms with Crippen LogP contribution in [-0.4, -0.2) is 15.6 Å². The third-order valence-electron chi connectivity index (χ3n) is 4.75. The van der Waals surface area contributed by atoms with Crippen LogP contribution in [0, 0.1) is 11.8 Å². The lowest BCUT2D eigenvalue weighted by Crippen LogP contribution is -2.35. The van der Waals surface area contributed by atoms with Gasteiger partial charge in [-0.05, 0) is 31.6 Å². The number of aryl methyl sites for hydroxylation is 1. The van der Waals surface area contributed by atoms with Gasteiger partial charge in [0, 0.05) is 31.4 Å². The van der Waals surface area contributed by atoms with Crippen LogP contribution >= 0.6 is 0 Å². The van der Waals surface area contributed by atoms with E-state index in [9.17, 15) is 0 Å². The third kappa shape index (κ3) is 3.82. The molecule has 0 radical (unpaired) electrons. The Morgan fingerprint density at radius 3 is 2.68 bits per heavy atom. The fourth-order valence-electron chi connectivity index (χ4n) is 3.51. The molecule has 1 aromatic heterocycles. The van der Waals surface area contributed by atoms with Crippen molar-refractivity contribution in [2.24, 2.45) is 17.6 Å². The molecule has 3 heteroatoms. The highest BCUT2D eigenvalue weighted by molar-refractivity contribution is 4.96. The molecular formula is C16H29N3. The quantitative estimate of drug-likeness (QED) is 0.855. The highest BCUT2D eigenvalue weighted by Gasteiger charge is 2.25. The SMILES string of the molecule is CCCC1CCC(C(N)Cc2nccn2CC)CC1. The lowest BCUT2D eigenvalue weighted by Gasteiger charge is -2.32. The molecule has 1 saturated carbocycles. The molecule has 0 saturated heterocycles. The first kappa shape index (κ1) is 14.6. The summed E-state index contributed by atoms with van der Waals surface area (Å²) in [5.41, 5.74) is 6.43. The van der Waals surface area contributed by atoms with Crippen molar-refractivity contribution in [3.63, 3.8) is 0 Å². The maximum atomic E-state index is 6.43. The maximum Gasteiger partial charge on any atom is 0.110 e. The number of aromatic nitrogens is 2. The predicted molar refractivity (Wildman–Crippen MR) is 79.9 cm³/mol. The zero-order valence-electron chi connectivity index (χ0n) is 12.5. The average Bonchev–Trinajstić information content (AvgIpc) is 2.87. The van der Waals surface area contributed by atoms with Crippen molar-refractivity contribution in [3.05, 3.63) is 18.2 Å². The van der Waals surface area contributed by atoms with E-state index in [-0.39, 0.29) is 6.04 Å². The van der Waals surface area contributed by atoms with Crippen molar-refractivity contribution in [3.8, 4) is 0 Å². The molecule has 3 nitrogen and oxygen atoms in total. The van der Waals surface area contributed by atoms with Crippen LogP contribution in [0.3, 0.4) is 0 Å². The van der Waals surface area contributed by atoms with Gasteiger partial charge in [-0.1, -0.05) is 32.6 Å². The molecule has 1 aliphatic carbocycles. The zero-order chi connectivity index (χ0) is 13.7. The summed E-state index contributed by atoms with van der Waals surface area (Å²) in [4.78, 5) is 4.45. The Bertz CT molecular complexity index is 364. The van der Waals surface area contributed by atoms with E-state index >= 15 is 0 Å². The molecule has 0 amide bonds. The second-order valence-electron chi connectivity index (χ2n) is 6.07. The number of hydrogen-bond donors (Lipinski definition) is 1. The van der Waals surface area contributed by atoms with Gasteiger partial charge in [-0.2, -0.15) is 0 Å². The first-order valence-corrected chi connectivity index (χ1v) is 8.00. The summed E-state index contributed by atoms with van der Waals surface area (Å²) in [5, 5.41) is 0. The summed E-state index contributed by atoms with van der Waals surface area (Å²) in [5.74, 6) is 2.83. The molecule has 0 spiro atoms. The molecule has 0 aliphatic heterocycles. The monoisotopic (exact) mass is 263 g/mol. The number of nitrogens with two attached hydrogens (primary N) is 1. The second kappa shape index (κ2) is 7.09. The molecule has 19 heavy (non-hydrogen) atoms. The second-order valence-corrected chi connectivity index (χ2v) is 6.07. The normalized spacial score (nSPS) is 25.4. The van der Waals surface area contributed by atoms with Gasteiger partial charge < -0.3 is 10.3 Å². The van der Waals surface area contributed by atoms with E-state index in [0.29, 0.717) is 5.92 Å². The summed E-state index contributed by atoms with van der Waals surface area (Å²) < 4.78 is 2.21. The number of rotatable bonds is 6. The van der Waals surface area contributed by atoms with Crippen LogP contribution < -0.4 is 5.73 Å². The Morgan fingerprint density at radius 1 is 1.32 bits per heavy atom. The minimum Gasteiger partial charge on any atom is -0.335 e. The van der Waals surface area contributed by atoms with Crippen LogP contribution in [0.1, 0.15) is 58.2 Å². The number of imidazole rings is 1. The van der Waals surface area contributed by atoms with Crippen LogP contribution in [0.5, 0.6) is 0 Å². The van der Waals surface area contributed by atoms with Crippen LogP contribution in [0.4, 0.5) is 0 Å². The Labute approximate surface area is 117 Å². The van der Waals surface area contributed by atoms with E-state index in [1.165, 1.54) is 38.5 Å². The predicted octanol–water partition coefficient (Wildman–Crippen LogP) is 3.38. The minimum absolute atomic E-state index is 0.287. The van der Waals surface area contributed by atoms with E-state index in [2.05, 4.69) is 29.6 Å². The zero-order valence-corrected chi connectivity index (χ0v) is 12.5. The van der Waals surface area contributed by atoms with Gasteiger partial charge in [0.2, 0.25) is 0 Å². The standard InChI is InChI=1S/C16H29N3/c1-3-5-13-6-8-14(9-7-13)15(17)12-16-18-10-11-19(16)4-2/h10-11,13-15H,3-9,12,17H2,1-2H3. The van der Waals surface area contributed by atoms with Gasteiger partial charge in [-0.15, -0.1) is 0 Å². The van der Waals surface area contributed by atoms with Crippen molar-refractivity contribution in [2.45, 2.75) is 71.4 Å². The lowest BCUT2D eigenvalue weighted by molar-refractivity contribution is 0.231. The highest BCUT2D eigenvalue weighted by atomic mass is 15.1. The van der Waals surface area contributed by atoms with Gasteiger partial charge in [-0.25, -0.2) is 4.98 Å². The first-order chi connectivity index (χ1) is 9.24. The van der Waals surface area contributed by atoms with Crippen molar-refractivity contribution in [1.29, 1.82) is 0 Å². The molecule has 0 bridgehead atoms. The lowest BCUT2D eigenvalue weighted by atomic mass is 9.76. The third-order valence-corrected chi connectivity index (χ3v) is 4.75. The molecule has 0 aromatic carbocycles. The molecule has 2 rings (SSSR count). The van der Waals surface area contributed by atoms with Gasteiger partial charge >= 0.3 is 0 Å². The van der Waals surface area contributed by atoms with Gasteiger partial charge in [0.1, 0.15) is 5.82 Å². The topological polar surface area (TPSA) is 43.8 Å². The fraction of sp³-hybridized carbons (Fsp3) is 0.812. The number of hydrogen-bond acceptors (Lipinski definition) is 2. The summed E-state index contributed by atoms with van der Waals surface area (Å²) in [7, 11) is 0. The summed E-state index contributed by atoms with van der Waals surface area (Å²) >= 11 is 0. The van der Waals surface area contributed by atoms with E-state index in [1.807, 2.05) is 6.20 Å². The van der Waals surface area contributed by atoms with E-state index < -0.39 is 0 Å². The van der Waals surface area contributed by atoms with Crippen molar-refractivity contribution < 1.29 is 0 Å². The molecule has 1 atom stereocenters. The van der Waals surface area contributed by atoms with Gasteiger partial charge in [0.15, 0.2) is 0 Å². The first-order valence-electron chi connectivity index (χ1n) is 8.00. The summed E-state index contributed by atoms with van der Waals surface area (Å²) in [6.07, 6.45) is 13.0. The maximum absolute atomic E-state index is 6.43. The van der Waals surface area contributed by atoms with Crippen LogP contribution in [0.2, 0.25) is 0 Å². The van der Waals surface area contributed by atoms with Crippen LogP contribution in [-0.2, 0) is 13.0 Å². The fourth-order valence-corrected chi connectivity index (χ4v) is 3.51. The van der Waals surface area contributed by atoms with Crippen LogP contribution in [0.25, 0.3) is 0 Å². The van der Waals surface area contributed by atoms with E-state index in [0.717, 1.165) is 24.7 Å².